The molecule has 2 fully saturated rings. The maximum absolute atomic E-state index is 14.8. The average molecular weight is 530 g/mol. The van der Waals surface area contributed by atoms with Gasteiger partial charge in [-0.05, 0) is 66.8 Å². The number of anilines is 1. The highest BCUT2D eigenvalue weighted by Gasteiger charge is 2.37. The fourth-order valence-corrected chi connectivity index (χ4v) is 5.51. The van der Waals surface area contributed by atoms with Gasteiger partial charge in [0, 0.05) is 38.4 Å². The Labute approximate surface area is 207 Å². The number of nitrogens with zero attached hydrogens (tertiary/aromatic N) is 2. The third kappa shape index (κ3) is 6.47. The zero-order valence-corrected chi connectivity index (χ0v) is 20.5. The number of alkyl halides is 3. The van der Waals surface area contributed by atoms with Gasteiger partial charge in [0.2, 0.25) is 10.0 Å². The quantitative estimate of drug-likeness (QED) is 0.524. The minimum absolute atomic E-state index is 0.277. The van der Waals surface area contributed by atoms with E-state index in [1.807, 2.05) is 16.5 Å². The molecule has 0 unspecified atom stereocenters. The van der Waals surface area contributed by atoms with Crippen molar-refractivity contribution in [3.8, 4) is 5.75 Å². The fourth-order valence-electron chi connectivity index (χ4n) is 4.22. The van der Waals surface area contributed by atoms with Crippen LogP contribution in [0.15, 0.2) is 36.4 Å². The van der Waals surface area contributed by atoms with Gasteiger partial charge in [-0.25, -0.2) is 17.5 Å². The maximum Gasteiger partial charge on any atom is 0.573 e. The summed E-state index contributed by atoms with van der Waals surface area (Å²) in [6.45, 7) is 4.88. The standard InChI is InChI=1S/C24H27F4N3O4S/c1-2-16-13-21(23(32)29-36(33,34)20-7-8-20)22(25)14-17(16)15-30-9-11-31(12-10-30)18-3-5-19(6-4-18)35-24(26,27)28/h3-6,13-14,20H,2,7-12,15H2,1H3,(H,29,32). The molecular formula is C24H27F4N3O4S. The van der Waals surface area contributed by atoms with Gasteiger partial charge in [0.25, 0.3) is 5.91 Å². The van der Waals surface area contributed by atoms with Crippen LogP contribution in [0, 0.1) is 5.82 Å². The molecule has 1 saturated carbocycles. The third-order valence-electron chi connectivity index (χ3n) is 6.31. The second-order valence-electron chi connectivity index (χ2n) is 8.93. The van der Waals surface area contributed by atoms with Crippen molar-refractivity contribution >= 4 is 21.6 Å². The van der Waals surface area contributed by atoms with E-state index < -0.39 is 33.4 Å². The number of halogens is 4. The van der Waals surface area contributed by atoms with Gasteiger partial charge in [-0.1, -0.05) is 6.92 Å². The second kappa shape index (κ2) is 10.3. The van der Waals surface area contributed by atoms with E-state index in [-0.39, 0.29) is 11.3 Å². The molecule has 36 heavy (non-hydrogen) atoms. The highest BCUT2D eigenvalue weighted by atomic mass is 32.2. The molecule has 0 spiro atoms. The van der Waals surface area contributed by atoms with Crippen molar-refractivity contribution in [1.29, 1.82) is 0 Å². The topological polar surface area (TPSA) is 79.0 Å². The van der Waals surface area contributed by atoms with Gasteiger partial charge < -0.3 is 9.64 Å². The monoisotopic (exact) mass is 529 g/mol. The molecule has 0 radical (unpaired) electrons. The van der Waals surface area contributed by atoms with Crippen LogP contribution >= 0.6 is 0 Å². The number of sulfonamides is 1. The number of benzene rings is 2. The Hall–Kier alpha value is -2.86. The first kappa shape index (κ1) is 26.2. The first-order chi connectivity index (χ1) is 16.9. The summed E-state index contributed by atoms with van der Waals surface area (Å²) in [5.74, 6) is -2.01. The van der Waals surface area contributed by atoms with Crippen molar-refractivity contribution in [1.82, 2.24) is 9.62 Å². The molecule has 1 aliphatic carbocycles. The van der Waals surface area contributed by atoms with Crippen molar-refractivity contribution in [3.05, 3.63) is 58.9 Å². The lowest BCUT2D eigenvalue weighted by Crippen LogP contribution is -2.46. The van der Waals surface area contributed by atoms with Gasteiger partial charge in [-0.2, -0.15) is 0 Å². The van der Waals surface area contributed by atoms with Crippen molar-refractivity contribution < 1.29 is 35.5 Å². The summed E-state index contributed by atoms with van der Waals surface area (Å²) in [5, 5.41) is -0.584. The van der Waals surface area contributed by atoms with Crippen molar-refractivity contribution in [2.24, 2.45) is 0 Å². The Morgan fingerprint density at radius 2 is 1.69 bits per heavy atom. The lowest BCUT2D eigenvalue weighted by molar-refractivity contribution is -0.274. The van der Waals surface area contributed by atoms with Crippen LogP contribution in [0.25, 0.3) is 0 Å². The number of amides is 1. The number of rotatable bonds is 8. The number of aryl methyl sites for hydroxylation is 1. The first-order valence-corrected chi connectivity index (χ1v) is 13.2. The SMILES string of the molecule is CCc1cc(C(=O)NS(=O)(=O)C2CC2)c(F)cc1CN1CCN(c2ccc(OC(F)(F)F)cc2)CC1. The van der Waals surface area contributed by atoms with Gasteiger partial charge in [0.1, 0.15) is 11.6 Å². The van der Waals surface area contributed by atoms with Gasteiger partial charge in [0.05, 0.1) is 10.8 Å². The molecule has 12 heteroatoms. The van der Waals surface area contributed by atoms with Crippen LogP contribution in [-0.2, 0) is 23.0 Å². The van der Waals surface area contributed by atoms with Gasteiger partial charge in [-0.15, -0.1) is 13.2 Å². The van der Waals surface area contributed by atoms with Crippen molar-refractivity contribution in [2.75, 3.05) is 31.1 Å². The molecule has 1 aliphatic heterocycles. The predicted molar refractivity (Wildman–Crippen MR) is 126 cm³/mol. The minimum Gasteiger partial charge on any atom is -0.406 e. The zero-order chi connectivity index (χ0) is 26.1. The van der Waals surface area contributed by atoms with Gasteiger partial charge in [0.15, 0.2) is 0 Å². The lowest BCUT2D eigenvalue weighted by atomic mass is 10.00. The Morgan fingerprint density at radius 3 is 2.25 bits per heavy atom. The Morgan fingerprint density at radius 1 is 1.06 bits per heavy atom. The number of hydrogen-bond donors (Lipinski definition) is 1. The molecule has 2 aromatic rings. The van der Waals surface area contributed by atoms with Crippen LogP contribution in [0.1, 0.15) is 41.3 Å². The second-order valence-corrected chi connectivity index (χ2v) is 10.9. The van der Waals surface area contributed by atoms with Crippen molar-refractivity contribution in [3.63, 3.8) is 0 Å². The molecule has 0 aromatic heterocycles. The Balaban J connectivity index is 1.37. The molecule has 1 heterocycles. The maximum atomic E-state index is 14.8. The van der Waals surface area contributed by atoms with E-state index in [0.717, 1.165) is 16.8 Å². The highest BCUT2D eigenvalue weighted by Crippen LogP contribution is 2.29. The normalized spacial score (nSPS) is 17.2. The van der Waals surface area contributed by atoms with Crippen LogP contribution < -0.4 is 14.4 Å². The number of piperazine rings is 1. The highest BCUT2D eigenvalue weighted by molar-refractivity contribution is 7.91. The largest absolute Gasteiger partial charge is 0.573 e. The molecule has 1 amide bonds. The smallest absolute Gasteiger partial charge is 0.406 e. The number of nitrogens with one attached hydrogen (secondary N) is 1. The minimum atomic E-state index is -4.74. The molecule has 7 nitrogen and oxygen atoms in total. The summed E-state index contributed by atoms with van der Waals surface area (Å²) in [5.41, 5.74) is 1.97. The molecular weight excluding hydrogens is 502 g/mol. The molecule has 196 valence electrons. The van der Waals surface area contributed by atoms with E-state index in [9.17, 15) is 30.8 Å². The third-order valence-corrected chi connectivity index (χ3v) is 8.13. The van der Waals surface area contributed by atoms with E-state index in [1.165, 1.54) is 24.3 Å². The zero-order valence-electron chi connectivity index (χ0n) is 19.6. The molecule has 2 aromatic carbocycles. The Bertz CT molecular complexity index is 1210. The molecule has 2 aliphatic rings. The molecule has 1 N–H and O–H groups in total. The summed E-state index contributed by atoms with van der Waals surface area (Å²) in [6, 6.07) is 8.42. The van der Waals surface area contributed by atoms with E-state index in [1.54, 1.807) is 12.1 Å². The molecule has 0 atom stereocenters. The summed E-state index contributed by atoms with van der Waals surface area (Å²) >= 11 is 0. The summed E-state index contributed by atoms with van der Waals surface area (Å²) in [4.78, 5) is 16.6. The van der Waals surface area contributed by atoms with E-state index in [4.69, 9.17) is 0 Å². The van der Waals surface area contributed by atoms with Crippen LogP contribution in [0.4, 0.5) is 23.2 Å². The lowest BCUT2D eigenvalue weighted by Gasteiger charge is -2.36. The molecule has 0 bridgehead atoms. The summed E-state index contributed by atoms with van der Waals surface area (Å²) < 4.78 is 81.9. The van der Waals surface area contributed by atoms with Crippen molar-refractivity contribution in [2.45, 2.75) is 44.3 Å². The molecule has 4 rings (SSSR count). The van der Waals surface area contributed by atoms with Crippen LogP contribution in [-0.4, -0.2) is 57.0 Å². The number of carbonyl (C=O) groups is 1. The van der Waals surface area contributed by atoms with Gasteiger partial charge >= 0.3 is 6.36 Å². The Kier molecular flexibility index (Phi) is 7.46. The number of carbonyl (C=O) groups excluding carboxylic acids is 1. The fraction of sp³-hybridized carbons (Fsp3) is 0.458. The van der Waals surface area contributed by atoms with Gasteiger partial charge in [-0.3, -0.25) is 9.69 Å². The van der Waals surface area contributed by atoms with E-state index >= 15 is 0 Å². The number of ether oxygens (including phenoxy) is 1. The molecule has 1 saturated heterocycles. The van der Waals surface area contributed by atoms with Crippen LogP contribution in [0.5, 0.6) is 5.75 Å². The predicted octanol–water partition coefficient (Wildman–Crippen LogP) is 3.83. The number of hydrogen-bond acceptors (Lipinski definition) is 6. The average Bonchev–Trinajstić information content (AvgIpc) is 3.65. The van der Waals surface area contributed by atoms with E-state index in [0.29, 0.717) is 52.0 Å². The summed E-state index contributed by atoms with van der Waals surface area (Å²) in [6.07, 6.45) is -3.21. The summed E-state index contributed by atoms with van der Waals surface area (Å²) in [7, 11) is -3.78. The van der Waals surface area contributed by atoms with Crippen LogP contribution in [0.3, 0.4) is 0 Å². The van der Waals surface area contributed by atoms with Crippen LogP contribution in [0.2, 0.25) is 0 Å². The first-order valence-electron chi connectivity index (χ1n) is 11.7. The van der Waals surface area contributed by atoms with E-state index in [2.05, 4.69) is 9.64 Å².